The lowest BCUT2D eigenvalue weighted by molar-refractivity contribution is -0.659. The minimum Gasteiger partial charge on any atom is -0.435 e. The monoisotopic (exact) mass is 379 g/mol. The maximum absolute atomic E-state index is 6.26. The number of hydrogen-bond acceptors (Lipinski definition) is 4. The third-order valence-electron chi connectivity index (χ3n) is 5.73. The Kier molecular flexibility index (Phi) is 3.29. The van der Waals surface area contributed by atoms with E-state index in [-0.39, 0.29) is 6.71 Å². The highest BCUT2D eigenvalue weighted by Crippen LogP contribution is 2.37. The summed E-state index contributed by atoms with van der Waals surface area (Å²) in [4.78, 5) is 11.6. The fourth-order valence-corrected chi connectivity index (χ4v) is 4.48. The molecule has 6 rings (SSSR count). The van der Waals surface area contributed by atoms with Gasteiger partial charge in [0.25, 0.3) is 5.88 Å². The zero-order valence-electron chi connectivity index (χ0n) is 16.1. The van der Waals surface area contributed by atoms with Gasteiger partial charge in [-0.1, -0.05) is 24.3 Å². The molecule has 2 aliphatic heterocycles. The first kappa shape index (κ1) is 16.2. The molecule has 0 aliphatic carbocycles. The molecule has 0 amide bonds. The van der Waals surface area contributed by atoms with Gasteiger partial charge in [-0.3, -0.25) is 4.90 Å². The molecule has 2 aromatic heterocycles. The first-order valence-corrected chi connectivity index (χ1v) is 9.59. The second-order valence-corrected chi connectivity index (χ2v) is 7.37. The van der Waals surface area contributed by atoms with E-state index in [2.05, 4.69) is 56.4 Å². The van der Waals surface area contributed by atoms with E-state index in [1.165, 1.54) is 0 Å². The zero-order valence-corrected chi connectivity index (χ0v) is 16.1. The lowest BCUT2D eigenvalue weighted by Crippen LogP contribution is -2.74. The van der Waals surface area contributed by atoms with E-state index in [0.717, 1.165) is 39.6 Å². The largest absolute Gasteiger partial charge is 0.435 e. The lowest BCUT2D eigenvalue weighted by Gasteiger charge is -2.34. The van der Waals surface area contributed by atoms with Crippen LogP contribution in [0.5, 0.6) is 11.6 Å². The van der Waals surface area contributed by atoms with E-state index in [9.17, 15) is 0 Å². The Hall–Kier alpha value is -3.74. The molecular weight excluding hydrogens is 361 g/mol. The van der Waals surface area contributed by atoms with Gasteiger partial charge in [-0.15, -0.1) is 0 Å². The number of fused-ring (bicyclic) bond motifs is 4. The van der Waals surface area contributed by atoms with Gasteiger partial charge in [-0.2, -0.15) is 0 Å². The molecule has 0 saturated heterocycles. The van der Waals surface area contributed by atoms with E-state index in [4.69, 9.17) is 9.72 Å². The average Bonchev–Trinajstić information content (AvgIpc) is 2.74. The van der Waals surface area contributed by atoms with Gasteiger partial charge >= 0.3 is 6.71 Å². The van der Waals surface area contributed by atoms with Gasteiger partial charge in [0.05, 0.1) is 12.4 Å². The zero-order chi connectivity index (χ0) is 19.5. The number of benzene rings is 2. The highest BCUT2D eigenvalue weighted by atomic mass is 16.5. The maximum Gasteiger partial charge on any atom is 0.424 e. The van der Waals surface area contributed by atoms with E-state index in [1.54, 1.807) is 6.20 Å². The van der Waals surface area contributed by atoms with E-state index < -0.39 is 0 Å². The summed E-state index contributed by atoms with van der Waals surface area (Å²) < 4.78 is 10.5. The van der Waals surface area contributed by atoms with Crippen LogP contribution in [0.3, 0.4) is 0 Å². The van der Waals surface area contributed by atoms with E-state index in [1.807, 2.05) is 43.8 Å². The summed E-state index contributed by atoms with van der Waals surface area (Å²) in [7, 11) is 4.11. The molecule has 0 atom stereocenters. The summed E-state index contributed by atoms with van der Waals surface area (Å²) in [6, 6.07) is 16.5. The van der Waals surface area contributed by atoms with Crippen LogP contribution in [0.1, 0.15) is 0 Å². The van der Waals surface area contributed by atoms with E-state index >= 15 is 0 Å². The lowest BCUT2D eigenvalue weighted by atomic mass is 9.37. The van der Waals surface area contributed by atoms with Crippen LogP contribution >= 0.6 is 0 Å². The summed E-state index contributed by atoms with van der Waals surface area (Å²) in [5.41, 5.74) is 5.44. The summed E-state index contributed by atoms with van der Waals surface area (Å²) in [5.74, 6) is 2.41. The van der Waals surface area contributed by atoms with Crippen molar-refractivity contribution >= 4 is 40.6 Å². The van der Waals surface area contributed by atoms with Gasteiger partial charge < -0.3 is 4.74 Å². The number of anilines is 3. The molecule has 4 heterocycles. The van der Waals surface area contributed by atoms with Crippen molar-refractivity contribution in [3.05, 3.63) is 73.3 Å². The molecule has 0 radical (unpaired) electrons. The van der Waals surface area contributed by atoms with Crippen LogP contribution < -0.4 is 35.4 Å². The number of aryl methyl sites for hydroxylation is 2. The van der Waals surface area contributed by atoms with Gasteiger partial charge in [0.1, 0.15) is 19.8 Å². The average molecular weight is 379 g/mol. The molecule has 0 saturated carbocycles. The third kappa shape index (κ3) is 2.18. The van der Waals surface area contributed by atoms with Gasteiger partial charge in [0.2, 0.25) is 5.59 Å². The molecular formula is C22H18BN5O+2. The fraction of sp³-hybridized carbons (Fsp3) is 0.0909. The predicted molar refractivity (Wildman–Crippen MR) is 110 cm³/mol. The summed E-state index contributed by atoms with van der Waals surface area (Å²) in [6.45, 7) is -0.0164. The Morgan fingerprint density at radius 3 is 2.45 bits per heavy atom. The van der Waals surface area contributed by atoms with Crippen LogP contribution in [0.25, 0.3) is 0 Å². The number of para-hydroxylation sites is 1. The molecule has 0 bridgehead atoms. The maximum atomic E-state index is 6.26. The third-order valence-corrected chi connectivity index (χ3v) is 5.73. The Morgan fingerprint density at radius 1 is 0.862 bits per heavy atom. The van der Waals surface area contributed by atoms with Gasteiger partial charge in [0.15, 0.2) is 23.8 Å². The van der Waals surface area contributed by atoms with Crippen molar-refractivity contribution in [3.63, 3.8) is 0 Å². The van der Waals surface area contributed by atoms with E-state index in [0.29, 0.717) is 5.88 Å². The second-order valence-electron chi connectivity index (χ2n) is 7.37. The number of rotatable bonds is 1. The predicted octanol–water partition coefficient (Wildman–Crippen LogP) is 0.531. The normalized spacial score (nSPS) is 13.3. The standard InChI is InChI=1S/C22H18BN5O/c1-26-13-11-24-21-19(26)23-18-16(28(21)15-7-4-3-5-8-15)9-6-10-17(18)29-22-20(23)27(2)14-12-25-22/h3-14H,1-2H3/q+2. The Balaban J connectivity index is 1.74. The molecule has 7 heteroatoms. The van der Waals surface area contributed by atoms with Gasteiger partial charge in [0, 0.05) is 16.8 Å². The summed E-state index contributed by atoms with van der Waals surface area (Å²) in [5, 5.41) is 0. The molecule has 2 aliphatic rings. The van der Waals surface area contributed by atoms with Crippen LogP contribution in [-0.2, 0) is 14.1 Å². The van der Waals surface area contributed by atoms with Crippen LogP contribution in [-0.4, -0.2) is 16.7 Å². The van der Waals surface area contributed by atoms with Crippen molar-refractivity contribution < 1.29 is 13.9 Å². The first-order valence-electron chi connectivity index (χ1n) is 9.59. The van der Waals surface area contributed by atoms with Crippen LogP contribution in [0.2, 0.25) is 0 Å². The minimum absolute atomic E-state index is 0.0164. The molecule has 0 unspecified atom stereocenters. The highest BCUT2D eigenvalue weighted by Gasteiger charge is 2.53. The molecule has 0 N–H and O–H groups in total. The van der Waals surface area contributed by atoms with Gasteiger partial charge in [-0.05, 0) is 24.3 Å². The summed E-state index contributed by atoms with van der Waals surface area (Å²) in [6.07, 6.45) is 7.60. The number of aromatic nitrogens is 4. The Labute approximate surface area is 168 Å². The van der Waals surface area contributed by atoms with Crippen molar-refractivity contribution in [1.29, 1.82) is 0 Å². The molecule has 4 aromatic rings. The SMILES string of the molecule is C[n+]1ccnc2c1B1c3c(cccc3N(c3ccccc3)c3ncc[n+](C)c31)O2. The molecule has 6 nitrogen and oxygen atoms in total. The minimum atomic E-state index is -0.0164. The second kappa shape index (κ2) is 5.88. The smallest absolute Gasteiger partial charge is 0.424 e. The number of hydrogen-bond donors (Lipinski definition) is 0. The van der Waals surface area contributed by atoms with Crippen LogP contribution in [0.15, 0.2) is 73.3 Å². The van der Waals surface area contributed by atoms with Crippen LogP contribution in [0.4, 0.5) is 17.2 Å². The number of nitrogens with zero attached hydrogens (tertiary/aromatic N) is 5. The molecule has 2 aromatic carbocycles. The highest BCUT2D eigenvalue weighted by molar-refractivity contribution is 6.97. The Bertz CT molecular complexity index is 1260. The Morgan fingerprint density at radius 2 is 1.62 bits per heavy atom. The molecule has 138 valence electrons. The van der Waals surface area contributed by atoms with Crippen molar-refractivity contribution in [2.45, 2.75) is 0 Å². The van der Waals surface area contributed by atoms with Crippen molar-refractivity contribution in [1.82, 2.24) is 9.97 Å². The number of ether oxygens (including phenoxy) is 1. The molecule has 0 spiro atoms. The molecule has 29 heavy (non-hydrogen) atoms. The summed E-state index contributed by atoms with van der Waals surface area (Å²) >= 11 is 0. The van der Waals surface area contributed by atoms with Crippen molar-refractivity contribution in [2.24, 2.45) is 14.1 Å². The van der Waals surface area contributed by atoms with Crippen molar-refractivity contribution in [2.75, 3.05) is 4.90 Å². The van der Waals surface area contributed by atoms with Gasteiger partial charge in [-0.25, -0.2) is 19.1 Å². The topological polar surface area (TPSA) is 46.0 Å². The first-order chi connectivity index (χ1) is 14.2. The quantitative estimate of drug-likeness (QED) is 0.309. The molecule has 0 fully saturated rings. The van der Waals surface area contributed by atoms with Crippen LogP contribution in [0, 0.1) is 0 Å². The fourth-order valence-electron chi connectivity index (χ4n) is 4.48. The van der Waals surface area contributed by atoms with Crippen molar-refractivity contribution in [3.8, 4) is 11.6 Å².